The van der Waals surface area contributed by atoms with Crippen LogP contribution in [-0.2, 0) is 0 Å². The molecule has 0 atom stereocenters. The van der Waals surface area contributed by atoms with Crippen LogP contribution in [0.1, 0.15) is 48.0 Å². The van der Waals surface area contributed by atoms with Crippen LogP contribution in [0.4, 0.5) is 0 Å². The van der Waals surface area contributed by atoms with E-state index in [0.717, 1.165) is 26.1 Å². The van der Waals surface area contributed by atoms with E-state index >= 15 is 0 Å². The maximum absolute atomic E-state index is 3.48. The summed E-state index contributed by atoms with van der Waals surface area (Å²) in [5.41, 5.74) is 0. The molecule has 0 saturated carbocycles. The molecule has 0 rings (SSSR count). The molecule has 2 nitrogen and oxygen atoms in total. The minimum Gasteiger partial charge on any atom is -0.312 e. The monoisotopic (exact) mass is 258 g/mol. The van der Waals surface area contributed by atoms with Gasteiger partial charge in [-0.15, -0.1) is 6.58 Å². The summed E-state index contributed by atoms with van der Waals surface area (Å²) in [6.45, 7) is 18.7. The average Bonchev–Trinajstić information content (AvgIpc) is 2.43. The van der Waals surface area contributed by atoms with Gasteiger partial charge in [0.2, 0.25) is 0 Å². The zero-order valence-electron chi connectivity index (χ0n) is 14.2. The molecule has 0 unspecified atom stereocenters. The molecule has 0 fully saturated rings. The molecule has 0 radical (unpaired) electrons. The summed E-state index contributed by atoms with van der Waals surface area (Å²) in [6.07, 6.45) is 7.14. The van der Waals surface area contributed by atoms with Crippen LogP contribution in [-0.4, -0.2) is 38.6 Å². The minimum absolute atomic E-state index is 0.990. The van der Waals surface area contributed by atoms with Crippen LogP contribution in [0.3, 0.4) is 0 Å². The minimum atomic E-state index is 0.990. The first-order chi connectivity index (χ1) is 8.68. The van der Waals surface area contributed by atoms with Crippen molar-refractivity contribution in [3.63, 3.8) is 0 Å². The maximum atomic E-state index is 3.48. The first-order valence-corrected chi connectivity index (χ1v) is 7.26. The van der Waals surface area contributed by atoms with Gasteiger partial charge in [0.25, 0.3) is 0 Å². The standard InChI is InChI=1S/C8H18N2.C4H8.2C2H6/c1-4-5-6-9-7-8-10(2)3;1-3-4-2;2*1-2/h4-5,9H,6-8H2,1-3H3;3H,1,4H2,2H3;2*1-2H3/b5-4+;;;. The van der Waals surface area contributed by atoms with Crippen molar-refractivity contribution < 1.29 is 0 Å². The molecule has 2 heteroatoms. The number of likely N-dealkylation sites (N-methyl/N-ethyl adjacent to an activating group) is 1. The molecule has 112 valence electrons. The number of hydrogen-bond donors (Lipinski definition) is 1. The van der Waals surface area contributed by atoms with Gasteiger partial charge in [0.1, 0.15) is 0 Å². The second kappa shape index (κ2) is 36.0. The Balaban J connectivity index is -0.000000102. The van der Waals surface area contributed by atoms with E-state index in [1.54, 1.807) is 0 Å². The average molecular weight is 258 g/mol. The smallest absolute Gasteiger partial charge is 0.0135 e. The van der Waals surface area contributed by atoms with Gasteiger partial charge in [-0.3, -0.25) is 0 Å². The van der Waals surface area contributed by atoms with Gasteiger partial charge >= 0.3 is 0 Å². The molecule has 0 aliphatic carbocycles. The van der Waals surface area contributed by atoms with E-state index in [-0.39, 0.29) is 0 Å². The number of allylic oxidation sites excluding steroid dienone is 2. The lowest BCUT2D eigenvalue weighted by Crippen LogP contribution is -2.26. The van der Waals surface area contributed by atoms with Crippen molar-refractivity contribution in [1.82, 2.24) is 10.2 Å². The van der Waals surface area contributed by atoms with Crippen molar-refractivity contribution in [3.05, 3.63) is 24.8 Å². The Bertz CT molecular complexity index is 129. The zero-order valence-corrected chi connectivity index (χ0v) is 14.2. The Labute approximate surface area is 117 Å². The van der Waals surface area contributed by atoms with Gasteiger partial charge in [-0.05, 0) is 27.4 Å². The van der Waals surface area contributed by atoms with Gasteiger partial charge in [-0.25, -0.2) is 0 Å². The second-order valence-corrected chi connectivity index (χ2v) is 3.27. The lowest BCUT2D eigenvalue weighted by atomic mass is 10.5. The highest BCUT2D eigenvalue weighted by Crippen LogP contribution is 1.71. The lowest BCUT2D eigenvalue weighted by Gasteiger charge is -2.08. The van der Waals surface area contributed by atoms with E-state index in [9.17, 15) is 0 Å². The third-order valence-corrected chi connectivity index (χ3v) is 1.52. The topological polar surface area (TPSA) is 15.3 Å². The highest BCUT2D eigenvalue weighted by molar-refractivity contribution is 4.79. The Morgan fingerprint density at radius 1 is 1.11 bits per heavy atom. The molecule has 18 heavy (non-hydrogen) atoms. The summed E-state index contributed by atoms with van der Waals surface area (Å²) >= 11 is 0. The third kappa shape index (κ3) is 58.3. The van der Waals surface area contributed by atoms with E-state index in [2.05, 4.69) is 50.0 Å². The molecule has 0 aliphatic rings. The van der Waals surface area contributed by atoms with E-state index in [0.29, 0.717) is 0 Å². The van der Waals surface area contributed by atoms with Gasteiger partial charge in [0.05, 0.1) is 0 Å². The van der Waals surface area contributed by atoms with Gasteiger partial charge < -0.3 is 10.2 Å². The fourth-order valence-corrected chi connectivity index (χ4v) is 0.606. The van der Waals surface area contributed by atoms with Crippen LogP contribution in [0, 0.1) is 0 Å². The lowest BCUT2D eigenvalue weighted by molar-refractivity contribution is 0.404. The fourth-order valence-electron chi connectivity index (χ4n) is 0.606. The first-order valence-electron chi connectivity index (χ1n) is 7.26. The summed E-state index contributed by atoms with van der Waals surface area (Å²) in [5, 5.41) is 3.29. The summed E-state index contributed by atoms with van der Waals surface area (Å²) in [6, 6.07) is 0. The summed E-state index contributed by atoms with van der Waals surface area (Å²) in [4.78, 5) is 2.17. The summed E-state index contributed by atoms with van der Waals surface area (Å²) in [7, 11) is 4.16. The molecule has 0 spiro atoms. The number of nitrogens with one attached hydrogen (secondary N) is 1. The fraction of sp³-hybridized carbons (Fsp3) is 0.750. The SMILES string of the molecule is C/C=C/CNCCN(C)C.C=CCC.CC.CC. The Kier molecular flexibility index (Phi) is 52.1. The summed E-state index contributed by atoms with van der Waals surface area (Å²) < 4.78 is 0. The number of rotatable bonds is 6. The van der Waals surface area contributed by atoms with Crippen LogP contribution >= 0.6 is 0 Å². The molecule has 0 heterocycles. The molecular weight excluding hydrogens is 220 g/mol. The van der Waals surface area contributed by atoms with Crippen molar-refractivity contribution in [2.24, 2.45) is 0 Å². The van der Waals surface area contributed by atoms with E-state index in [1.165, 1.54) is 0 Å². The third-order valence-electron chi connectivity index (χ3n) is 1.52. The van der Waals surface area contributed by atoms with Crippen LogP contribution < -0.4 is 5.32 Å². The molecule has 1 N–H and O–H groups in total. The van der Waals surface area contributed by atoms with Crippen molar-refractivity contribution >= 4 is 0 Å². The number of hydrogen-bond acceptors (Lipinski definition) is 2. The molecular formula is C16H38N2. The molecule has 0 saturated heterocycles. The Morgan fingerprint density at radius 2 is 1.56 bits per heavy atom. The first kappa shape index (κ1) is 26.1. The summed E-state index contributed by atoms with van der Waals surface area (Å²) in [5.74, 6) is 0. The molecule has 0 amide bonds. The highest BCUT2D eigenvalue weighted by Gasteiger charge is 1.86. The van der Waals surface area contributed by atoms with Crippen LogP contribution in [0.2, 0.25) is 0 Å². The number of nitrogens with zero attached hydrogens (tertiary/aromatic N) is 1. The van der Waals surface area contributed by atoms with E-state index < -0.39 is 0 Å². The van der Waals surface area contributed by atoms with E-state index in [4.69, 9.17) is 0 Å². The predicted octanol–water partition coefficient (Wildman–Crippen LogP) is 4.35. The largest absolute Gasteiger partial charge is 0.312 e. The van der Waals surface area contributed by atoms with Gasteiger partial charge in [0.15, 0.2) is 0 Å². The van der Waals surface area contributed by atoms with Gasteiger partial charge in [-0.1, -0.05) is 52.8 Å². The molecule has 0 aromatic heterocycles. The van der Waals surface area contributed by atoms with Gasteiger partial charge in [-0.2, -0.15) is 0 Å². The Morgan fingerprint density at radius 3 is 1.83 bits per heavy atom. The zero-order chi connectivity index (χ0) is 15.2. The van der Waals surface area contributed by atoms with Crippen LogP contribution in [0.5, 0.6) is 0 Å². The van der Waals surface area contributed by atoms with Crippen molar-refractivity contribution in [2.45, 2.75) is 48.0 Å². The van der Waals surface area contributed by atoms with Crippen molar-refractivity contribution in [2.75, 3.05) is 33.7 Å². The molecule has 0 aliphatic heterocycles. The quantitative estimate of drug-likeness (QED) is 0.563. The maximum Gasteiger partial charge on any atom is 0.0135 e. The highest BCUT2D eigenvalue weighted by atomic mass is 15.1. The van der Waals surface area contributed by atoms with Crippen LogP contribution in [0.25, 0.3) is 0 Å². The molecule has 0 aromatic carbocycles. The molecule has 0 aromatic rings. The molecule has 0 bridgehead atoms. The van der Waals surface area contributed by atoms with Crippen LogP contribution in [0.15, 0.2) is 24.8 Å². The second-order valence-electron chi connectivity index (χ2n) is 3.27. The predicted molar refractivity (Wildman–Crippen MR) is 89.4 cm³/mol. The van der Waals surface area contributed by atoms with E-state index in [1.807, 2.05) is 40.7 Å². The van der Waals surface area contributed by atoms with Gasteiger partial charge in [0, 0.05) is 19.6 Å². The van der Waals surface area contributed by atoms with Crippen molar-refractivity contribution in [3.8, 4) is 0 Å². The normalized spacial score (nSPS) is 8.50. The Hall–Kier alpha value is -0.600. The van der Waals surface area contributed by atoms with Crippen molar-refractivity contribution in [1.29, 1.82) is 0 Å².